The van der Waals surface area contributed by atoms with E-state index < -0.39 is 0 Å². The fraction of sp³-hybridized carbons (Fsp3) is 0.667. The molecule has 1 aliphatic rings. The fourth-order valence-electron chi connectivity index (χ4n) is 2.01. The van der Waals surface area contributed by atoms with Gasteiger partial charge in [0.2, 0.25) is 0 Å². The monoisotopic (exact) mass is 192 g/mol. The van der Waals surface area contributed by atoms with Crippen molar-refractivity contribution < 1.29 is 0 Å². The minimum Gasteiger partial charge on any atom is -0.348 e. The summed E-state index contributed by atoms with van der Waals surface area (Å²) in [4.78, 5) is 0. The van der Waals surface area contributed by atoms with Crippen molar-refractivity contribution in [3.8, 4) is 0 Å². The van der Waals surface area contributed by atoms with Gasteiger partial charge >= 0.3 is 0 Å². The summed E-state index contributed by atoms with van der Waals surface area (Å²) in [6.45, 7) is 11.2. The molecule has 0 saturated heterocycles. The van der Waals surface area contributed by atoms with Crippen LogP contribution in [0.1, 0.15) is 45.0 Å². The summed E-state index contributed by atoms with van der Waals surface area (Å²) in [5.74, 6) is 0. The largest absolute Gasteiger partial charge is 0.348 e. The summed E-state index contributed by atoms with van der Waals surface area (Å²) in [7, 11) is 0. The van der Waals surface area contributed by atoms with Gasteiger partial charge in [0.25, 0.3) is 0 Å². The van der Waals surface area contributed by atoms with Crippen molar-refractivity contribution in [2.24, 2.45) is 0 Å². The molecule has 0 unspecified atom stereocenters. The van der Waals surface area contributed by atoms with Gasteiger partial charge in [0.1, 0.15) is 0 Å². The second-order valence-electron chi connectivity index (χ2n) is 5.27. The summed E-state index contributed by atoms with van der Waals surface area (Å²) < 4.78 is 2.39. The molecule has 0 radical (unpaired) electrons. The Hall–Kier alpha value is -0.760. The molecule has 2 nitrogen and oxygen atoms in total. The Morgan fingerprint density at radius 1 is 1.43 bits per heavy atom. The van der Waals surface area contributed by atoms with Gasteiger partial charge in [-0.3, -0.25) is 0 Å². The van der Waals surface area contributed by atoms with Crippen molar-refractivity contribution in [2.75, 3.05) is 6.54 Å². The zero-order valence-electron chi connectivity index (χ0n) is 9.59. The first-order valence-corrected chi connectivity index (χ1v) is 5.42. The lowest BCUT2D eigenvalue weighted by atomic mass is 9.89. The third-order valence-corrected chi connectivity index (χ3v) is 3.04. The number of hydrogen-bond acceptors (Lipinski definition) is 1. The zero-order chi connectivity index (χ0) is 10.3. The van der Waals surface area contributed by atoms with Gasteiger partial charge in [-0.05, 0) is 24.0 Å². The van der Waals surface area contributed by atoms with Gasteiger partial charge in [-0.2, -0.15) is 0 Å². The molecule has 0 aromatic carbocycles. The van der Waals surface area contributed by atoms with Crippen molar-refractivity contribution in [1.29, 1.82) is 0 Å². The minimum absolute atomic E-state index is 0.268. The maximum Gasteiger partial charge on any atom is 0.0446 e. The Bertz CT molecular complexity index is 331. The molecule has 0 saturated carbocycles. The Morgan fingerprint density at radius 2 is 2.14 bits per heavy atom. The van der Waals surface area contributed by atoms with E-state index in [1.807, 2.05) is 0 Å². The summed E-state index contributed by atoms with van der Waals surface area (Å²) in [6.07, 6.45) is 2.31. The molecule has 0 bridgehead atoms. The molecule has 1 aliphatic heterocycles. The van der Waals surface area contributed by atoms with Crippen molar-refractivity contribution in [3.63, 3.8) is 0 Å². The molecule has 1 atom stereocenters. The number of aromatic nitrogens is 1. The van der Waals surface area contributed by atoms with Crippen molar-refractivity contribution >= 4 is 0 Å². The van der Waals surface area contributed by atoms with Gasteiger partial charge in [0.15, 0.2) is 0 Å². The molecular formula is C12H20N2. The molecule has 14 heavy (non-hydrogen) atoms. The van der Waals surface area contributed by atoms with Crippen molar-refractivity contribution in [2.45, 2.75) is 45.7 Å². The molecule has 0 amide bonds. The molecule has 0 fully saturated rings. The van der Waals surface area contributed by atoms with Gasteiger partial charge in [-0.15, -0.1) is 0 Å². The van der Waals surface area contributed by atoms with Gasteiger partial charge < -0.3 is 9.88 Å². The van der Waals surface area contributed by atoms with Crippen LogP contribution in [0, 0.1) is 0 Å². The maximum absolute atomic E-state index is 3.48. The second kappa shape index (κ2) is 3.13. The van der Waals surface area contributed by atoms with Crippen LogP contribution in [-0.2, 0) is 12.0 Å². The first-order valence-electron chi connectivity index (χ1n) is 5.42. The molecule has 1 aromatic heterocycles. The van der Waals surface area contributed by atoms with Gasteiger partial charge in [-0.25, -0.2) is 0 Å². The number of hydrogen-bond donors (Lipinski definition) is 1. The number of fused-ring (bicyclic) bond motifs is 1. The van der Waals surface area contributed by atoms with Gasteiger partial charge in [0, 0.05) is 31.0 Å². The molecule has 2 heteroatoms. The highest BCUT2D eigenvalue weighted by atomic mass is 15.1. The third-order valence-electron chi connectivity index (χ3n) is 3.04. The van der Waals surface area contributed by atoms with Crippen LogP contribution in [-0.4, -0.2) is 11.1 Å². The van der Waals surface area contributed by atoms with E-state index in [1.165, 1.54) is 11.3 Å². The van der Waals surface area contributed by atoms with Crippen LogP contribution in [0.15, 0.2) is 12.3 Å². The smallest absolute Gasteiger partial charge is 0.0446 e. The Morgan fingerprint density at radius 3 is 2.71 bits per heavy atom. The molecule has 2 rings (SSSR count). The highest BCUT2D eigenvalue weighted by molar-refractivity contribution is 5.28. The van der Waals surface area contributed by atoms with Crippen LogP contribution in [0.4, 0.5) is 0 Å². The van der Waals surface area contributed by atoms with Crippen LogP contribution in [0.3, 0.4) is 0 Å². The molecule has 78 valence electrons. The number of nitrogens with zero attached hydrogens (tertiary/aromatic N) is 1. The molecule has 0 spiro atoms. The number of rotatable bonds is 0. The summed E-state index contributed by atoms with van der Waals surface area (Å²) in [6, 6.07) is 2.84. The molecular weight excluding hydrogens is 172 g/mol. The van der Waals surface area contributed by atoms with Crippen molar-refractivity contribution in [3.05, 3.63) is 23.5 Å². The summed E-state index contributed by atoms with van der Waals surface area (Å²) >= 11 is 0. The standard InChI is InChI=1S/C12H20N2/c1-9-11-7-10(12(2,3)4)8-14(11)6-5-13-9/h7-9,13H,5-6H2,1-4H3/t9-/m1/s1. The Labute approximate surface area is 86.3 Å². The molecule has 1 aromatic rings. The van der Waals surface area contributed by atoms with Gasteiger partial charge in [0.05, 0.1) is 0 Å². The zero-order valence-corrected chi connectivity index (χ0v) is 9.59. The quantitative estimate of drug-likeness (QED) is 0.668. The predicted molar refractivity (Wildman–Crippen MR) is 59.5 cm³/mol. The van der Waals surface area contributed by atoms with Crippen LogP contribution in [0.2, 0.25) is 0 Å². The molecule has 1 N–H and O–H groups in total. The number of nitrogens with one attached hydrogen (secondary N) is 1. The van der Waals surface area contributed by atoms with Crippen molar-refractivity contribution in [1.82, 2.24) is 9.88 Å². The van der Waals surface area contributed by atoms with Crippen LogP contribution in [0.25, 0.3) is 0 Å². The van der Waals surface area contributed by atoms with E-state index >= 15 is 0 Å². The van der Waals surface area contributed by atoms with Crippen LogP contribution >= 0.6 is 0 Å². The maximum atomic E-state index is 3.48. The van der Waals surface area contributed by atoms with E-state index in [0.717, 1.165) is 13.1 Å². The highest BCUT2D eigenvalue weighted by Crippen LogP contribution is 2.28. The lowest BCUT2D eigenvalue weighted by molar-refractivity contribution is 0.448. The summed E-state index contributed by atoms with van der Waals surface area (Å²) in [5, 5.41) is 3.48. The normalized spacial score (nSPS) is 22.1. The third kappa shape index (κ3) is 1.59. The topological polar surface area (TPSA) is 17.0 Å². The Kier molecular flexibility index (Phi) is 2.18. The molecule has 2 heterocycles. The lowest BCUT2D eigenvalue weighted by Crippen LogP contribution is -2.30. The second-order valence-corrected chi connectivity index (χ2v) is 5.27. The lowest BCUT2D eigenvalue weighted by Gasteiger charge is -2.22. The van der Waals surface area contributed by atoms with E-state index in [0.29, 0.717) is 6.04 Å². The van der Waals surface area contributed by atoms with Crippen LogP contribution in [0.5, 0.6) is 0 Å². The first-order chi connectivity index (χ1) is 6.48. The minimum atomic E-state index is 0.268. The van der Waals surface area contributed by atoms with E-state index in [4.69, 9.17) is 0 Å². The average molecular weight is 192 g/mol. The van der Waals surface area contributed by atoms with Crippen LogP contribution < -0.4 is 5.32 Å². The average Bonchev–Trinajstić information content (AvgIpc) is 2.48. The van der Waals surface area contributed by atoms with E-state index in [1.54, 1.807) is 0 Å². The fourth-order valence-corrected chi connectivity index (χ4v) is 2.01. The summed E-state index contributed by atoms with van der Waals surface area (Å²) in [5.41, 5.74) is 3.15. The molecule has 0 aliphatic carbocycles. The predicted octanol–water partition coefficient (Wildman–Crippen LogP) is 2.45. The highest BCUT2D eigenvalue weighted by Gasteiger charge is 2.21. The Balaban J connectivity index is 2.40. The van der Waals surface area contributed by atoms with E-state index in [-0.39, 0.29) is 5.41 Å². The first kappa shape index (κ1) is 9.78. The SMILES string of the molecule is C[C@H]1NCCn2cc(C(C)(C)C)cc21. The van der Waals surface area contributed by atoms with Gasteiger partial charge in [-0.1, -0.05) is 20.8 Å². The van der Waals surface area contributed by atoms with E-state index in [9.17, 15) is 0 Å². The van der Waals surface area contributed by atoms with E-state index in [2.05, 4.69) is 49.8 Å².